The van der Waals surface area contributed by atoms with E-state index in [0.717, 1.165) is 47.8 Å². The Labute approximate surface area is 234 Å². The zero-order valence-electron chi connectivity index (χ0n) is 23.6. The Morgan fingerprint density at radius 3 is 2.05 bits per heavy atom. The molecule has 1 atom stereocenters. The molecular weight excluding hydrogens is 484 g/mol. The van der Waals surface area contributed by atoms with Gasteiger partial charge in [-0.3, -0.25) is 4.90 Å². The predicted molar refractivity (Wildman–Crippen MR) is 161 cm³/mol. The van der Waals surface area contributed by atoms with Crippen molar-refractivity contribution in [2.45, 2.75) is 39.5 Å². The molecule has 0 saturated heterocycles. The third-order valence-electron chi connectivity index (χ3n) is 6.45. The molecule has 5 heteroatoms. The van der Waals surface area contributed by atoms with E-state index in [4.69, 9.17) is 9.47 Å². The fourth-order valence-corrected chi connectivity index (χ4v) is 4.32. The first-order valence-electron chi connectivity index (χ1n) is 13.7. The first kappa shape index (κ1) is 29.8. The zero-order valence-corrected chi connectivity index (χ0v) is 23.6. The van der Waals surface area contributed by atoms with Crippen molar-refractivity contribution in [2.75, 3.05) is 32.6 Å². The van der Waals surface area contributed by atoms with Gasteiger partial charge in [0.15, 0.2) is 0 Å². The summed E-state index contributed by atoms with van der Waals surface area (Å²) in [6, 6.07) is 34.6. The Balaban J connectivity index is 0.00000205. The summed E-state index contributed by atoms with van der Waals surface area (Å²) in [4.78, 5) is 2.31. The van der Waals surface area contributed by atoms with Gasteiger partial charge in [0.1, 0.15) is 18.1 Å². The molecule has 0 aliphatic carbocycles. The highest BCUT2D eigenvalue weighted by atomic mass is 16.5. The first-order valence-corrected chi connectivity index (χ1v) is 13.7. The normalized spacial score (nSPS) is 11.3. The van der Waals surface area contributed by atoms with Crippen molar-refractivity contribution in [2.24, 2.45) is 0 Å². The van der Waals surface area contributed by atoms with Crippen LogP contribution in [0.25, 0.3) is 0 Å². The molecule has 5 nitrogen and oxygen atoms in total. The molecular formula is C34H42N2O3. The van der Waals surface area contributed by atoms with Gasteiger partial charge in [-0.05, 0) is 52.9 Å². The standard InChI is InChI=1S/C32H36N2O3.C2H6/c1-33-30-21-28(15-18-32(30)37-24-27-11-7-4-8-12-27)31(35)23-34(22-26-9-5-3-6-10-26)20-19-25-13-16-29(36-2)17-14-25;1-2/h3-18,21,31,33,35H,19-20,22-24H2,1-2H3;1-2H3. The molecule has 1 unspecified atom stereocenters. The monoisotopic (exact) mass is 526 g/mol. The van der Waals surface area contributed by atoms with Crippen molar-refractivity contribution in [1.29, 1.82) is 0 Å². The SMILES string of the molecule is CC.CNc1cc(C(O)CN(CCc2ccc(OC)cc2)Cc2ccccc2)ccc1OCc1ccccc1. The molecule has 39 heavy (non-hydrogen) atoms. The number of hydrogen-bond donors (Lipinski definition) is 2. The van der Waals surface area contributed by atoms with Crippen molar-refractivity contribution in [1.82, 2.24) is 4.90 Å². The van der Waals surface area contributed by atoms with Crippen LogP contribution in [0.1, 0.15) is 42.2 Å². The quantitative estimate of drug-likeness (QED) is 0.194. The van der Waals surface area contributed by atoms with Gasteiger partial charge >= 0.3 is 0 Å². The van der Waals surface area contributed by atoms with Crippen molar-refractivity contribution in [3.63, 3.8) is 0 Å². The Hall–Kier alpha value is -3.80. The summed E-state index contributed by atoms with van der Waals surface area (Å²) in [5.41, 5.74) is 5.30. The molecule has 0 fully saturated rings. The number of aliphatic hydroxyl groups excluding tert-OH is 1. The van der Waals surface area contributed by atoms with Crippen LogP contribution >= 0.6 is 0 Å². The van der Waals surface area contributed by atoms with Crippen LogP contribution in [0.15, 0.2) is 103 Å². The second kappa shape index (κ2) is 16.2. The summed E-state index contributed by atoms with van der Waals surface area (Å²) in [7, 11) is 3.55. The van der Waals surface area contributed by atoms with Gasteiger partial charge in [0.2, 0.25) is 0 Å². The number of methoxy groups -OCH3 is 1. The average molecular weight is 527 g/mol. The topological polar surface area (TPSA) is 54.0 Å². The Bertz CT molecular complexity index is 1210. The lowest BCUT2D eigenvalue weighted by Crippen LogP contribution is -2.30. The van der Waals surface area contributed by atoms with Crippen molar-refractivity contribution < 1.29 is 14.6 Å². The maximum atomic E-state index is 11.2. The number of nitrogens with one attached hydrogen (secondary N) is 1. The molecule has 0 bridgehead atoms. The molecule has 0 aromatic heterocycles. The van der Waals surface area contributed by atoms with Gasteiger partial charge in [0.25, 0.3) is 0 Å². The lowest BCUT2D eigenvalue weighted by atomic mass is 10.1. The van der Waals surface area contributed by atoms with Gasteiger partial charge < -0.3 is 19.9 Å². The molecule has 0 amide bonds. The molecule has 2 N–H and O–H groups in total. The Kier molecular flexibility index (Phi) is 12.4. The van der Waals surface area contributed by atoms with E-state index < -0.39 is 6.10 Å². The van der Waals surface area contributed by atoms with E-state index in [1.54, 1.807) is 7.11 Å². The number of anilines is 1. The largest absolute Gasteiger partial charge is 0.497 e. The van der Waals surface area contributed by atoms with Gasteiger partial charge in [0, 0.05) is 26.7 Å². The van der Waals surface area contributed by atoms with Gasteiger partial charge in [-0.15, -0.1) is 0 Å². The Morgan fingerprint density at radius 1 is 0.795 bits per heavy atom. The van der Waals surface area contributed by atoms with Crippen molar-refractivity contribution in [3.05, 3.63) is 125 Å². The predicted octanol–water partition coefficient (Wildman–Crippen LogP) is 7.12. The van der Waals surface area contributed by atoms with Crippen LogP contribution in [0.3, 0.4) is 0 Å². The zero-order chi connectivity index (χ0) is 27.9. The van der Waals surface area contributed by atoms with Crippen LogP contribution in [-0.2, 0) is 19.6 Å². The highest BCUT2D eigenvalue weighted by Crippen LogP contribution is 2.29. The molecule has 0 aliphatic heterocycles. The van der Waals surface area contributed by atoms with E-state index in [1.165, 1.54) is 11.1 Å². The van der Waals surface area contributed by atoms with Gasteiger partial charge in [-0.2, -0.15) is 0 Å². The van der Waals surface area contributed by atoms with Crippen LogP contribution in [0.5, 0.6) is 11.5 Å². The van der Waals surface area contributed by atoms with E-state index in [-0.39, 0.29) is 0 Å². The van der Waals surface area contributed by atoms with E-state index >= 15 is 0 Å². The van der Waals surface area contributed by atoms with Crippen molar-refractivity contribution >= 4 is 5.69 Å². The maximum Gasteiger partial charge on any atom is 0.142 e. The number of aliphatic hydroxyl groups is 1. The molecule has 0 aliphatic rings. The number of nitrogens with zero attached hydrogens (tertiary/aromatic N) is 1. The van der Waals surface area contributed by atoms with Gasteiger partial charge in [-0.25, -0.2) is 0 Å². The first-order chi connectivity index (χ1) is 19.1. The van der Waals surface area contributed by atoms with Crippen LogP contribution < -0.4 is 14.8 Å². The molecule has 4 aromatic carbocycles. The highest BCUT2D eigenvalue weighted by molar-refractivity contribution is 5.58. The molecule has 0 heterocycles. The third kappa shape index (κ3) is 9.47. The summed E-state index contributed by atoms with van der Waals surface area (Å²) in [6.45, 7) is 6.62. The number of ether oxygens (including phenoxy) is 2. The van der Waals surface area contributed by atoms with Crippen LogP contribution in [0, 0.1) is 0 Å². The van der Waals surface area contributed by atoms with E-state index in [0.29, 0.717) is 13.2 Å². The minimum Gasteiger partial charge on any atom is -0.497 e. The number of rotatable bonds is 13. The summed E-state index contributed by atoms with van der Waals surface area (Å²) in [5, 5.41) is 14.4. The molecule has 206 valence electrons. The van der Waals surface area contributed by atoms with E-state index in [2.05, 4.69) is 46.6 Å². The minimum atomic E-state index is -0.630. The second-order valence-electron chi connectivity index (χ2n) is 9.11. The van der Waals surface area contributed by atoms with Crippen LogP contribution in [-0.4, -0.2) is 37.3 Å². The van der Waals surface area contributed by atoms with E-state index in [9.17, 15) is 5.11 Å². The Morgan fingerprint density at radius 2 is 1.44 bits per heavy atom. The highest BCUT2D eigenvalue weighted by Gasteiger charge is 2.16. The molecule has 4 aromatic rings. The maximum absolute atomic E-state index is 11.2. The average Bonchev–Trinajstić information content (AvgIpc) is 3.01. The molecule has 4 rings (SSSR count). The van der Waals surface area contributed by atoms with Crippen molar-refractivity contribution in [3.8, 4) is 11.5 Å². The van der Waals surface area contributed by atoms with Crippen LogP contribution in [0.2, 0.25) is 0 Å². The molecule has 0 radical (unpaired) electrons. The summed E-state index contributed by atoms with van der Waals surface area (Å²) in [5.74, 6) is 1.62. The summed E-state index contributed by atoms with van der Waals surface area (Å²) < 4.78 is 11.3. The third-order valence-corrected chi connectivity index (χ3v) is 6.45. The number of hydrogen-bond acceptors (Lipinski definition) is 5. The summed E-state index contributed by atoms with van der Waals surface area (Å²) in [6.07, 6.45) is 0.257. The molecule has 0 spiro atoms. The smallest absolute Gasteiger partial charge is 0.142 e. The molecule has 0 saturated carbocycles. The fourth-order valence-electron chi connectivity index (χ4n) is 4.32. The van der Waals surface area contributed by atoms with Gasteiger partial charge in [-0.1, -0.05) is 92.7 Å². The van der Waals surface area contributed by atoms with Gasteiger partial charge in [0.05, 0.1) is 18.9 Å². The fraction of sp³-hybridized carbons (Fsp3) is 0.294. The minimum absolute atomic E-state index is 0.494. The summed E-state index contributed by atoms with van der Waals surface area (Å²) >= 11 is 0. The lowest BCUT2D eigenvalue weighted by Gasteiger charge is -2.26. The second-order valence-corrected chi connectivity index (χ2v) is 9.11. The number of benzene rings is 4. The lowest BCUT2D eigenvalue weighted by molar-refractivity contribution is 0.109. The van der Waals surface area contributed by atoms with E-state index in [1.807, 2.05) is 87.6 Å². The van der Waals surface area contributed by atoms with Crippen LogP contribution in [0.4, 0.5) is 5.69 Å².